The Morgan fingerprint density at radius 1 is 1.03 bits per heavy atom. The largest absolute Gasteiger partial charge is 0.356 e. The van der Waals surface area contributed by atoms with E-state index in [1.165, 1.54) is 18.2 Å². The Morgan fingerprint density at radius 3 is 2.58 bits per heavy atom. The fourth-order valence-corrected chi connectivity index (χ4v) is 3.84. The van der Waals surface area contributed by atoms with E-state index in [1.54, 1.807) is 47.2 Å². The molecule has 1 aliphatic heterocycles. The van der Waals surface area contributed by atoms with Crippen LogP contribution in [-0.2, 0) is 6.54 Å². The monoisotopic (exact) mass is 418 g/mol. The van der Waals surface area contributed by atoms with Gasteiger partial charge in [-0.3, -0.25) is 4.79 Å². The summed E-state index contributed by atoms with van der Waals surface area (Å²) in [6, 6.07) is 16.1. The fraction of sp³-hybridized carbons (Fsp3) is 0.167. The van der Waals surface area contributed by atoms with Gasteiger partial charge in [-0.05, 0) is 48.4 Å². The first-order chi connectivity index (χ1) is 15.1. The molecule has 5 rings (SSSR count). The van der Waals surface area contributed by atoms with Crippen molar-refractivity contribution in [1.29, 1.82) is 0 Å². The van der Waals surface area contributed by atoms with Crippen LogP contribution in [0.5, 0.6) is 0 Å². The number of hydrogen-bond donors (Lipinski definition) is 1. The maximum atomic E-state index is 14.7. The molecule has 1 amide bonds. The third-order valence-electron chi connectivity index (χ3n) is 5.52. The second-order valence-corrected chi connectivity index (χ2v) is 7.62. The summed E-state index contributed by atoms with van der Waals surface area (Å²) in [6.45, 7) is 2.14. The Balaban J connectivity index is 1.48. The molecule has 0 atom stereocenters. The highest BCUT2D eigenvalue weighted by molar-refractivity contribution is 6.06. The van der Waals surface area contributed by atoms with Gasteiger partial charge in [0.25, 0.3) is 5.91 Å². The molecule has 1 N–H and O–H groups in total. The molecule has 156 valence electrons. The predicted octanol–water partition coefficient (Wildman–Crippen LogP) is 4.83. The summed E-state index contributed by atoms with van der Waals surface area (Å²) >= 11 is 0. The lowest BCUT2D eigenvalue weighted by Crippen LogP contribution is -2.37. The number of anilines is 2. The number of halogens is 2. The van der Waals surface area contributed by atoms with Crippen LogP contribution < -0.4 is 10.2 Å². The molecule has 1 aliphatic rings. The van der Waals surface area contributed by atoms with Gasteiger partial charge in [0.05, 0.1) is 17.4 Å². The van der Waals surface area contributed by atoms with Crippen LogP contribution in [0, 0.1) is 11.6 Å². The first kappa shape index (κ1) is 19.2. The Morgan fingerprint density at radius 2 is 1.87 bits per heavy atom. The van der Waals surface area contributed by atoms with Crippen LogP contribution in [0.1, 0.15) is 22.5 Å². The molecule has 0 aliphatic carbocycles. The smallest absolute Gasteiger partial charge is 0.272 e. The number of para-hydroxylation sites is 1. The number of nitrogens with zero attached hydrogens (tertiary/aromatic N) is 3. The van der Waals surface area contributed by atoms with Gasteiger partial charge in [0.2, 0.25) is 0 Å². The van der Waals surface area contributed by atoms with Gasteiger partial charge < -0.3 is 14.8 Å². The van der Waals surface area contributed by atoms with E-state index in [9.17, 15) is 13.6 Å². The molecule has 0 radical (unpaired) electrons. The molecular formula is C24H20F2N4O. The van der Waals surface area contributed by atoms with Crippen molar-refractivity contribution in [3.05, 3.63) is 89.8 Å². The van der Waals surface area contributed by atoms with Gasteiger partial charge in [-0.1, -0.05) is 24.3 Å². The zero-order chi connectivity index (χ0) is 21.4. The second-order valence-electron chi connectivity index (χ2n) is 7.62. The molecule has 0 bridgehead atoms. The highest BCUT2D eigenvalue weighted by atomic mass is 19.1. The van der Waals surface area contributed by atoms with E-state index in [-0.39, 0.29) is 24.0 Å². The van der Waals surface area contributed by atoms with Gasteiger partial charge in [-0.15, -0.1) is 0 Å². The van der Waals surface area contributed by atoms with Crippen LogP contribution in [0.2, 0.25) is 0 Å². The predicted molar refractivity (Wildman–Crippen MR) is 116 cm³/mol. The maximum Gasteiger partial charge on any atom is 0.272 e. The summed E-state index contributed by atoms with van der Waals surface area (Å²) < 4.78 is 29.9. The summed E-state index contributed by atoms with van der Waals surface area (Å²) in [4.78, 5) is 19.7. The highest BCUT2D eigenvalue weighted by Crippen LogP contribution is 2.26. The van der Waals surface area contributed by atoms with Crippen molar-refractivity contribution in [1.82, 2.24) is 9.55 Å². The van der Waals surface area contributed by atoms with E-state index in [4.69, 9.17) is 0 Å². The van der Waals surface area contributed by atoms with Gasteiger partial charge in [0.1, 0.15) is 23.1 Å². The zero-order valence-electron chi connectivity index (χ0n) is 16.7. The van der Waals surface area contributed by atoms with E-state index in [0.717, 1.165) is 25.3 Å². The number of carbonyl (C=O) groups excluding carboxylic acids is 1. The molecule has 1 saturated heterocycles. The molecule has 3 heterocycles. The van der Waals surface area contributed by atoms with Crippen LogP contribution in [0.25, 0.3) is 10.9 Å². The fourth-order valence-electron chi connectivity index (χ4n) is 3.84. The summed E-state index contributed by atoms with van der Waals surface area (Å²) in [5.74, 6) is -0.320. The van der Waals surface area contributed by atoms with Crippen LogP contribution in [0.3, 0.4) is 0 Å². The van der Waals surface area contributed by atoms with E-state index in [0.29, 0.717) is 22.2 Å². The molecule has 0 saturated carbocycles. The summed E-state index contributed by atoms with van der Waals surface area (Å²) in [7, 11) is 0. The number of nitrogens with one attached hydrogen (secondary N) is 1. The SMILES string of the molecule is O=C(Nc1ccc(N2CCC2)nc1)c1cc2cccc(F)c2n1Cc1cccc(F)c1. The Kier molecular flexibility index (Phi) is 4.86. The molecule has 0 spiro atoms. The number of carbonyl (C=O) groups is 1. The van der Waals surface area contributed by atoms with Crippen LogP contribution in [0.15, 0.2) is 66.9 Å². The lowest BCUT2D eigenvalue weighted by atomic mass is 10.2. The van der Waals surface area contributed by atoms with Crippen molar-refractivity contribution >= 4 is 28.3 Å². The molecule has 2 aromatic heterocycles. The van der Waals surface area contributed by atoms with Crippen molar-refractivity contribution in [3.8, 4) is 0 Å². The normalized spacial score (nSPS) is 13.3. The molecule has 0 unspecified atom stereocenters. The number of hydrogen-bond acceptors (Lipinski definition) is 3. The van der Waals surface area contributed by atoms with Crippen molar-refractivity contribution in [2.75, 3.05) is 23.3 Å². The minimum Gasteiger partial charge on any atom is -0.356 e. The minimum absolute atomic E-state index is 0.164. The maximum absolute atomic E-state index is 14.7. The van der Waals surface area contributed by atoms with Crippen LogP contribution in [0.4, 0.5) is 20.3 Å². The lowest BCUT2D eigenvalue weighted by molar-refractivity contribution is 0.101. The minimum atomic E-state index is -0.437. The summed E-state index contributed by atoms with van der Waals surface area (Å²) in [5, 5.41) is 3.45. The number of amides is 1. The van der Waals surface area contributed by atoms with Gasteiger partial charge in [0, 0.05) is 25.0 Å². The second kappa shape index (κ2) is 7.83. The molecule has 1 fully saturated rings. The number of aromatic nitrogens is 2. The Hall–Kier alpha value is -3.74. The topological polar surface area (TPSA) is 50.2 Å². The summed E-state index contributed by atoms with van der Waals surface area (Å²) in [6.07, 6.45) is 2.78. The number of benzene rings is 2. The standard InChI is InChI=1S/C24H20F2N4O/c25-18-6-1-4-16(12-18)15-30-21(13-17-5-2-7-20(26)23(17)30)24(31)28-19-8-9-22(27-14-19)29-10-3-11-29/h1-2,4-9,12-14H,3,10-11,15H2,(H,28,31). The molecule has 4 aromatic rings. The number of rotatable bonds is 5. The molecule has 5 nitrogen and oxygen atoms in total. The van der Waals surface area contributed by atoms with Crippen molar-refractivity contribution in [3.63, 3.8) is 0 Å². The van der Waals surface area contributed by atoms with E-state index < -0.39 is 5.82 Å². The molecule has 7 heteroatoms. The lowest BCUT2D eigenvalue weighted by Gasteiger charge is -2.31. The Bertz CT molecular complexity index is 1260. The van der Waals surface area contributed by atoms with Crippen molar-refractivity contribution < 1.29 is 13.6 Å². The highest BCUT2D eigenvalue weighted by Gasteiger charge is 2.19. The Labute approximate surface area is 177 Å². The summed E-state index contributed by atoms with van der Waals surface area (Å²) in [5.41, 5.74) is 1.78. The average molecular weight is 418 g/mol. The van der Waals surface area contributed by atoms with E-state index in [1.807, 2.05) is 6.07 Å². The molecule has 31 heavy (non-hydrogen) atoms. The quantitative estimate of drug-likeness (QED) is 0.505. The van der Waals surface area contributed by atoms with Crippen LogP contribution >= 0.6 is 0 Å². The zero-order valence-corrected chi connectivity index (χ0v) is 16.7. The van der Waals surface area contributed by atoms with Crippen molar-refractivity contribution in [2.45, 2.75) is 13.0 Å². The number of pyridine rings is 1. The molecule has 2 aromatic carbocycles. The van der Waals surface area contributed by atoms with Gasteiger partial charge in [-0.2, -0.15) is 0 Å². The first-order valence-corrected chi connectivity index (χ1v) is 10.1. The number of fused-ring (bicyclic) bond motifs is 1. The van der Waals surface area contributed by atoms with E-state index >= 15 is 0 Å². The van der Waals surface area contributed by atoms with Gasteiger partial charge in [0.15, 0.2) is 0 Å². The third-order valence-corrected chi connectivity index (χ3v) is 5.52. The van der Waals surface area contributed by atoms with Crippen LogP contribution in [-0.4, -0.2) is 28.5 Å². The van der Waals surface area contributed by atoms with E-state index in [2.05, 4.69) is 15.2 Å². The molecular weight excluding hydrogens is 398 g/mol. The van der Waals surface area contributed by atoms with Crippen molar-refractivity contribution in [2.24, 2.45) is 0 Å². The van der Waals surface area contributed by atoms with Gasteiger partial charge in [-0.25, -0.2) is 13.8 Å². The third kappa shape index (κ3) is 3.74. The van der Waals surface area contributed by atoms with Gasteiger partial charge >= 0.3 is 0 Å². The first-order valence-electron chi connectivity index (χ1n) is 10.1. The average Bonchev–Trinajstić information content (AvgIpc) is 3.08.